The predicted molar refractivity (Wildman–Crippen MR) is 134 cm³/mol. The normalized spacial score (nSPS) is 14.5. The number of H-pyrrole nitrogens is 1. The molecule has 1 aliphatic heterocycles. The quantitative estimate of drug-likeness (QED) is 0.320. The zero-order chi connectivity index (χ0) is 25.5. The average molecular weight is 516 g/mol. The maximum Gasteiger partial charge on any atom is 0.409 e. The van der Waals surface area contributed by atoms with Crippen LogP contribution < -0.4 is 10.9 Å². The molecule has 1 unspecified atom stereocenters. The number of aromatic nitrogens is 8. The summed E-state index contributed by atoms with van der Waals surface area (Å²) >= 11 is 6.26. The highest BCUT2D eigenvalue weighted by molar-refractivity contribution is 6.31. The molecule has 0 aliphatic carbocycles. The van der Waals surface area contributed by atoms with Gasteiger partial charge in [0, 0.05) is 28.8 Å². The second kappa shape index (κ2) is 8.99. The number of carbonyl (C=O) groups is 1. The third kappa shape index (κ3) is 4.23. The minimum Gasteiger partial charge on any atom is -0.465 e. The SMILES string of the molecule is O=C(O)Nc1ccc(-c2cnc(C3CCc4nc(-c5cc(Cl)ccc5-n5cnnn5)cc(=O)n43)[nH]2)cc1. The number of nitrogens with one attached hydrogen (secondary N) is 2. The molecule has 3 N–H and O–H groups in total. The van der Waals surface area contributed by atoms with Gasteiger partial charge in [0.1, 0.15) is 18.0 Å². The van der Waals surface area contributed by atoms with Gasteiger partial charge in [0.25, 0.3) is 5.56 Å². The number of anilines is 1. The number of halogens is 1. The van der Waals surface area contributed by atoms with E-state index in [2.05, 4.69) is 30.8 Å². The molecule has 0 saturated carbocycles. The van der Waals surface area contributed by atoms with Crippen LogP contribution in [0.2, 0.25) is 5.02 Å². The van der Waals surface area contributed by atoms with Gasteiger partial charge in [0.2, 0.25) is 0 Å². The second-order valence-electron chi connectivity index (χ2n) is 8.43. The number of aromatic amines is 1. The molecule has 1 amide bonds. The molecule has 1 atom stereocenters. The van der Waals surface area contributed by atoms with E-state index in [4.69, 9.17) is 21.7 Å². The number of nitrogens with zero attached hydrogens (tertiary/aromatic N) is 7. The first-order valence-corrected chi connectivity index (χ1v) is 11.6. The van der Waals surface area contributed by atoms with Crippen molar-refractivity contribution in [1.82, 2.24) is 39.7 Å². The van der Waals surface area contributed by atoms with Gasteiger partial charge in [-0.1, -0.05) is 23.7 Å². The van der Waals surface area contributed by atoms with Gasteiger partial charge in [0.05, 0.1) is 29.3 Å². The number of aryl methyl sites for hydroxylation is 1. The van der Waals surface area contributed by atoms with Gasteiger partial charge in [0.15, 0.2) is 0 Å². The van der Waals surface area contributed by atoms with Gasteiger partial charge in [-0.3, -0.25) is 14.7 Å². The van der Waals surface area contributed by atoms with E-state index in [-0.39, 0.29) is 11.6 Å². The molecule has 12 nitrogen and oxygen atoms in total. The van der Waals surface area contributed by atoms with Crippen molar-refractivity contribution < 1.29 is 9.90 Å². The Morgan fingerprint density at radius 3 is 2.76 bits per heavy atom. The first-order chi connectivity index (χ1) is 18.0. The van der Waals surface area contributed by atoms with Gasteiger partial charge in [-0.05, 0) is 52.7 Å². The molecule has 37 heavy (non-hydrogen) atoms. The molecule has 2 aromatic carbocycles. The summed E-state index contributed by atoms with van der Waals surface area (Å²) < 4.78 is 3.16. The molecular weight excluding hydrogens is 498 g/mol. The summed E-state index contributed by atoms with van der Waals surface area (Å²) in [6, 6.07) is 13.4. The lowest BCUT2D eigenvalue weighted by atomic mass is 10.1. The Bertz CT molecular complexity index is 1680. The molecule has 184 valence electrons. The van der Waals surface area contributed by atoms with Gasteiger partial charge in [-0.2, -0.15) is 4.68 Å². The fraction of sp³-hybridized carbons (Fsp3) is 0.125. The molecule has 5 aromatic rings. The second-order valence-corrected chi connectivity index (χ2v) is 8.86. The highest BCUT2D eigenvalue weighted by Crippen LogP contribution is 2.32. The number of benzene rings is 2. The van der Waals surface area contributed by atoms with Crippen molar-refractivity contribution in [2.45, 2.75) is 18.9 Å². The molecule has 6 rings (SSSR count). The zero-order valence-electron chi connectivity index (χ0n) is 19.0. The monoisotopic (exact) mass is 515 g/mol. The molecule has 0 radical (unpaired) electrons. The molecule has 0 fully saturated rings. The van der Waals surface area contributed by atoms with Crippen molar-refractivity contribution in [1.29, 1.82) is 0 Å². The van der Waals surface area contributed by atoms with E-state index in [1.165, 1.54) is 17.1 Å². The topological polar surface area (TPSA) is 156 Å². The highest BCUT2D eigenvalue weighted by atomic mass is 35.5. The van der Waals surface area contributed by atoms with Crippen molar-refractivity contribution in [3.8, 4) is 28.2 Å². The number of tetrazole rings is 1. The summed E-state index contributed by atoms with van der Waals surface area (Å²) in [5.74, 6) is 1.30. The summed E-state index contributed by atoms with van der Waals surface area (Å²) in [7, 11) is 0. The predicted octanol–water partition coefficient (Wildman–Crippen LogP) is 3.56. The van der Waals surface area contributed by atoms with E-state index >= 15 is 0 Å². The first-order valence-electron chi connectivity index (χ1n) is 11.3. The number of carboxylic acid groups (broad SMARTS) is 1. The smallest absolute Gasteiger partial charge is 0.409 e. The standard InChI is InChI=1S/C24H18ClN9O3/c25-14-3-6-19(33-12-27-31-32-33)16(9-14)17-10-22(35)34-20(7-8-21(34)29-17)23-26-11-18(30-23)13-1-4-15(5-2-13)28-24(36)37/h1-6,9-12,20,28H,7-8H2,(H,26,30)(H,36,37). The van der Waals surface area contributed by atoms with Gasteiger partial charge in [-0.25, -0.2) is 14.8 Å². The summed E-state index contributed by atoms with van der Waals surface area (Å²) in [6.07, 6.45) is 3.30. The number of hydrogen-bond donors (Lipinski definition) is 3. The van der Waals surface area contributed by atoms with E-state index < -0.39 is 6.09 Å². The van der Waals surface area contributed by atoms with Crippen LogP contribution in [0.25, 0.3) is 28.2 Å². The Kier molecular flexibility index (Phi) is 5.49. The Hall–Kier alpha value is -4.84. The number of amides is 1. The molecule has 13 heteroatoms. The number of hydrogen-bond acceptors (Lipinski definition) is 7. The fourth-order valence-corrected chi connectivity index (χ4v) is 4.71. The molecule has 0 spiro atoms. The van der Waals surface area contributed by atoms with Crippen molar-refractivity contribution >= 4 is 23.4 Å². The number of fused-ring (bicyclic) bond motifs is 1. The summed E-state index contributed by atoms with van der Waals surface area (Å²) in [4.78, 5) is 36.8. The van der Waals surface area contributed by atoms with Gasteiger partial charge < -0.3 is 10.1 Å². The van der Waals surface area contributed by atoms with Crippen LogP contribution in [0.1, 0.15) is 24.1 Å². The molecule has 3 aromatic heterocycles. The highest BCUT2D eigenvalue weighted by Gasteiger charge is 2.29. The van der Waals surface area contributed by atoms with E-state index in [9.17, 15) is 9.59 Å². The van der Waals surface area contributed by atoms with E-state index in [0.29, 0.717) is 52.1 Å². The first kappa shape index (κ1) is 22.6. The summed E-state index contributed by atoms with van der Waals surface area (Å²) in [5, 5.41) is 23.0. The molecular formula is C24H18ClN9O3. The maximum atomic E-state index is 13.3. The van der Waals surface area contributed by atoms with Gasteiger partial charge in [-0.15, -0.1) is 5.10 Å². The summed E-state index contributed by atoms with van der Waals surface area (Å²) in [5.41, 5.74) is 3.65. The van der Waals surface area contributed by atoms with Crippen molar-refractivity contribution in [2.24, 2.45) is 0 Å². The fourth-order valence-electron chi connectivity index (χ4n) is 4.53. The lowest BCUT2D eigenvalue weighted by Gasteiger charge is -2.14. The number of imidazole rings is 1. The van der Waals surface area contributed by atoms with Crippen LogP contribution in [-0.2, 0) is 6.42 Å². The van der Waals surface area contributed by atoms with E-state index in [1.54, 1.807) is 53.2 Å². The van der Waals surface area contributed by atoms with Crippen LogP contribution in [0.4, 0.5) is 10.5 Å². The van der Waals surface area contributed by atoms with Crippen LogP contribution in [-0.4, -0.2) is 50.9 Å². The lowest BCUT2D eigenvalue weighted by molar-refractivity contribution is 0.209. The minimum atomic E-state index is -1.12. The van der Waals surface area contributed by atoms with E-state index in [1.807, 2.05) is 0 Å². The van der Waals surface area contributed by atoms with Crippen LogP contribution in [0.15, 0.2) is 65.8 Å². The van der Waals surface area contributed by atoms with Crippen molar-refractivity contribution in [3.05, 3.63) is 88.1 Å². The van der Waals surface area contributed by atoms with Crippen molar-refractivity contribution in [2.75, 3.05) is 5.32 Å². The van der Waals surface area contributed by atoms with Crippen LogP contribution >= 0.6 is 11.6 Å². The molecule has 0 saturated heterocycles. The van der Waals surface area contributed by atoms with Crippen LogP contribution in [0.5, 0.6) is 0 Å². The van der Waals surface area contributed by atoms with Crippen molar-refractivity contribution in [3.63, 3.8) is 0 Å². The van der Waals surface area contributed by atoms with Crippen LogP contribution in [0.3, 0.4) is 0 Å². The lowest BCUT2D eigenvalue weighted by Crippen LogP contribution is -2.25. The third-order valence-electron chi connectivity index (χ3n) is 6.17. The average Bonchev–Trinajstić information content (AvgIpc) is 3.65. The van der Waals surface area contributed by atoms with Crippen LogP contribution in [0, 0.1) is 0 Å². The maximum absolute atomic E-state index is 13.3. The molecule has 1 aliphatic rings. The van der Waals surface area contributed by atoms with Gasteiger partial charge >= 0.3 is 6.09 Å². The Morgan fingerprint density at radius 2 is 2.00 bits per heavy atom. The Morgan fingerprint density at radius 1 is 1.16 bits per heavy atom. The summed E-state index contributed by atoms with van der Waals surface area (Å²) in [6.45, 7) is 0. The third-order valence-corrected chi connectivity index (χ3v) is 6.40. The zero-order valence-corrected chi connectivity index (χ0v) is 19.8. The van der Waals surface area contributed by atoms with E-state index in [0.717, 1.165) is 11.3 Å². The molecule has 4 heterocycles. The Labute approximate surface area is 213 Å². The largest absolute Gasteiger partial charge is 0.465 e. The molecule has 0 bridgehead atoms. The number of rotatable bonds is 5. The minimum absolute atomic E-state index is 0.202. The Balaban J connectivity index is 1.32.